The van der Waals surface area contributed by atoms with Crippen LogP contribution >= 0.6 is 0 Å². The second-order valence-corrected chi connectivity index (χ2v) is 5.99. The molecular formula is C13H24N2O. The molecule has 1 aliphatic rings. The quantitative estimate of drug-likeness (QED) is 0.798. The van der Waals surface area contributed by atoms with Crippen LogP contribution in [0.2, 0.25) is 0 Å². The summed E-state index contributed by atoms with van der Waals surface area (Å²) in [7, 11) is 1.86. The summed E-state index contributed by atoms with van der Waals surface area (Å²) >= 11 is 0. The lowest BCUT2D eigenvalue weighted by atomic mass is 9.93. The lowest BCUT2D eigenvalue weighted by molar-refractivity contribution is 0.0394. The van der Waals surface area contributed by atoms with Gasteiger partial charge in [0.25, 0.3) is 0 Å². The molecule has 1 saturated carbocycles. The van der Waals surface area contributed by atoms with E-state index in [1.807, 2.05) is 7.05 Å². The average Bonchev–Trinajstić information content (AvgIpc) is 2.61. The van der Waals surface area contributed by atoms with Crippen LogP contribution in [0.1, 0.15) is 46.5 Å². The first-order chi connectivity index (χ1) is 7.41. The van der Waals surface area contributed by atoms with Crippen LogP contribution in [-0.2, 0) is 4.74 Å². The second-order valence-electron chi connectivity index (χ2n) is 5.99. The Labute approximate surface area is 99.2 Å². The zero-order chi connectivity index (χ0) is 12.2. The summed E-state index contributed by atoms with van der Waals surface area (Å²) in [4.78, 5) is 0. The molecule has 0 bridgehead atoms. The molecule has 0 aliphatic heterocycles. The smallest absolute Gasteiger partial charge is 0.109 e. The molecule has 0 saturated heterocycles. The van der Waals surface area contributed by atoms with Crippen molar-refractivity contribution in [2.24, 2.45) is 5.41 Å². The molecule has 0 aromatic carbocycles. The number of hydrogen-bond acceptors (Lipinski definition) is 3. The Hall–Kier alpha value is -0.590. The van der Waals surface area contributed by atoms with Crippen LogP contribution in [0.3, 0.4) is 0 Å². The Morgan fingerprint density at radius 1 is 1.50 bits per heavy atom. The fourth-order valence-electron chi connectivity index (χ4n) is 2.06. The molecule has 0 aromatic heterocycles. The summed E-state index contributed by atoms with van der Waals surface area (Å²) in [6.45, 7) is 7.47. The first kappa shape index (κ1) is 13.5. The molecule has 2 unspecified atom stereocenters. The van der Waals surface area contributed by atoms with Crippen LogP contribution < -0.4 is 5.32 Å². The van der Waals surface area contributed by atoms with Gasteiger partial charge in [-0.15, -0.1) is 0 Å². The molecule has 0 radical (unpaired) electrons. The molecule has 1 fully saturated rings. The van der Waals surface area contributed by atoms with Crippen molar-refractivity contribution in [2.75, 3.05) is 13.7 Å². The normalized spacial score (nSPS) is 30.3. The van der Waals surface area contributed by atoms with Crippen molar-refractivity contribution in [2.45, 2.75) is 58.1 Å². The Balaban J connectivity index is 2.30. The largest absolute Gasteiger partial charge is 0.378 e. The van der Waals surface area contributed by atoms with Gasteiger partial charge in [-0.2, -0.15) is 5.26 Å². The highest BCUT2D eigenvalue weighted by Gasteiger charge is 2.38. The summed E-state index contributed by atoms with van der Waals surface area (Å²) in [5.74, 6) is 0. The van der Waals surface area contributed by atoms with Crippen molar-refractivity contribution >= 4 is 0 Å². The van der Waals surface area contributed by atoms with Gasteiger partial charge < -0.3 is 10.1 Å². The van der Waals surface area contributed by atoms with Gasteiger partial charge in [0.05, 0.1) is 12.2 Å². The Morgan fingerprint density at radius 2 is 2.19 bits per heavy atom. The van der Waals surface area contributed by atoms with E-state index in [2.05, 4.69) is 32.2 Å². The summed E-state index contributed by atoms with van der Waals surface area (Å²) in [6, 6.07) is 2.37. The van der Waals surface area contributed by atoms with Crippen molar-refractivity contribution in [1.82, 2.24) is 5.32 Å². The number of nitriles is 1. The van der Waals surface area contributed by atoms with E-state index in [-0.39, 0.29) is 11.6 Å². The van der Waals surface area contributed by atoms with Crippen LogP contribution in [0.5, 0.6) is 0 Å². The highest BCUT2D eigenvalue weighted by molar-refractivity contribution is 5.11. The first-order valence-corrected chi connectivity index (χ1v) is 6.13. The second kappa shape index (κ2) is 5.16. The fourth-order valence-corrected chi connectivity index (χ4v) is 2.06. The summed E-state index contributed by atoms with van der Waals surface area (Å²) in [5, 5.41) is 12.2. The fraction of sp³-hybridized carbons (Fsp3) is 0.923. The zero-order valence-electron chi connectivity index (χ0n) is 11.0. The van der Waals surface area contributed by atoms with E-state index < -0.39 is 0 Å². The van der Waals surface area contributed by atoms with E-state index >= 15 is 0 Å². The predicted molar refractivity (Wildman–Crippen MR) is 65.1 cm³/mol. The molecule has 3 nitrogen and oxygen atoms in total. The number of nitrogens with one attached hydrogen (secondary N) is 1. The third kappa shape index (κ3) is 3.77. The van der Waals surface area contributed by atoms with Gasteiger partial charge in [-0.05, 0) is 31.7 Å². The van der Waals surface area contributed by atoms with E-state index in [0.29, 0.717) is 5.41 Å². The molecule has 2 atom stereocenters. The lowest BCUT2D eigenvalue weighted by Gasteiger charge is -2.21. The minimum Gasteiger partial charge on any atom is -0.378 e. The number of nitrogens with zero attached hydrogens (tertiary/aromatic N) is 1. The van der Waals surface area contributed by atoms with E-state index in [1.165, 1.54) is 0 Å². The molecule has 92 valence electrons. The molecule has 0 spiro atoms. The molecule has 16 heavy (non-hydrogen) atoms. The minimum absolute atomic E-state index is 0.259. The molecular weight excluding hydrogens is 200 g/mol. The molecule has 0 amide bonds. The molecule has 1 aliphatic carbocycles. The van der Waals surface area contributed by atoms with Crippen LogP contribution in [0, 0.1) is 16.7 Å². The molecule has 1 rings (SSSR count). The molecule has 3 heteroatoms. The van der Waals surface area contributed by atoms with Gasteiger partial charge in [-0.3, -0.25) is 0 Å². The number of hydrogen-bond donors (Lipinski definition) is 1. The van der Waals surface area contributed by atoms with Gasteiger partial charge in [-0.25, -0.2) is 0 Å². The summed E-state index contributed by atoms with van der Waals surface area (Å²) in [6.07, 6.45) is 4.06. The topological polar surface area (TPSA) is 45.0 Å². The van der Waals surface area contributed by atoms with Crippen LogP contribution in [-0.4, -0.2) is 25.3 Å². The number of ether oxygens (including phenoxy) is 1. The summed E-state index contributed by atoms with van der Waals surface area (Å²) in [5.41, 5.74) is -0.0136. The zero-order valence-corrected chi connectivity index (χ0v) is 11.0. The maximum absolute atomic E-state index is 9.12. The van der Waals surface area contributed by atoms with Gasteiger partial charge in [0.2, 0.25) is 0 Å². The van der Waals surface area contributed by atoms with Crippen molar-refractivity contribution in [3.63, 3.8) is 0 Å². The molecule has 1 N–H and O–H groups in total. The Morgan fingerprint density at radius 3 is 2.62 bits per heavy atom. The van der Waals surface area contributed by atoms with E-state index in [9.17, 15) is 0 Å². The maximum Gasteiger partial charge on any atom is 0.109 e. The highest BCUT2D eigenvalue weighted by atomic mass is 16.5. The highest BCUT2D eigenvalue weighted by Crippen LogP contribution is 2.31. The van der Waals surface area contributed by atoms with Gasteiger partial charge in [-0.1, -0.05) is 20.8 Å². The van der Waals surface area contributed by atoms with Crippen LogP contribution in [0.15, 0.2) is 0 Å². The SMILES string of the molecule is CNC1(C#N)CCC(OCCC(C)(C)C)C1. The minimum atomic E-state index is -0.341. The van der Waals surface area contributed by atoms with Crippen molar-refractivity contribution < 1.29 is 4.74 Å². The molecule has 0 aromatic rings. The van der Waals surface area contributed by atoms with Gasteiger partial charge >= 0.3 is 0 Å². The average molecular weight is 224 g/mol. The predicted octanol–water partition coefficient (Wildman–Crippen LogP) is 2.47. The first-order valence-electron chi connectivity index (χ1n) is 6.13. The lowest BCUT2D eigenvalue weighted by Crippen LogP contribution is -2.39. The third-order valence-electron chi connectivity index (χ3n) is 3.37. The van der Waals surface area contributed by atoms with E-state index in [0.717, 1.165) is 32.3 Å². The Bertz CT molecular complexity index is 264. The van der Waals surface area contributed by atoms with Crippen molar-refractivity contribution in [3.8, 4) is 6.07 Å². The standard InChI is InChI=1S/C13H24N2O/c1-12(2,3)7-8-16-11-5-6-13(9-11,10-14)15-4/h11,15H,5-9H2,1-4H3. The molecule has 0 heterocycles. The van der Waals surface area contributed by atoms with Crippen molar-refractivity contribution in [3.05, 3.63) is 0 Å². The van der Waals surface area contributed by atoms with Crippen LogP contribution in [0.25, 0.3) is 0 Å². The van der Waals surface area contributed by atoms with Crippen LogP contribution in [0.4, 0.5) is 0 Å². The maximum atomic E-state index is 9.12. The van der Waals surface area contributed by atoms with Gasteiger partial charge in [0, 0.05) is 13.0 Å². The summed E-state index contributed by atoms with van der Waals surface area (Å²) < 4.78 is 5.85. The van der Waals surface area contributed by atoms with Gasteiger partial charge in [0.1, 0.15) is 5.54 Å². The van der Waals surface area contributed by atoms with E-state index in [1.54, 1.807) is 0 Å². The van der Waals surface area contributed by atoms with Crippen molar-refractivity contribution in [1.29, 1.82) is 5.26 Å². The van der Waals surface area contributed by atoms with Gasteiger partial charge in [0.15, 0.2) is 0 Å². The Kier molecular flexibility index (Phi) is 4.35. The van der Waals surface area contributed by atoms with E-state index in [4.69, 9.17) is 10.00 Å². The monoisotopic (exact) mass is 224 g/mol. The third-order valence-corrected chi connectivity index (χ3v) is 3.37. The number of rotatable bonds is 4.